The Morgan fingerprint density at radius 1 is 0.950 bits per heavy atom. The third-order valence-corrected chi connectivity index (χ3v) is 3.27. The minimum absolute atomic E-state index is 0.709. The Morgan fingerprint density at radius 3 is 2.25 bits per heavy atom. The van der Waals surface area contributed by atoms with E-state index in [0.717, 1.165) is 23.7 Å². The largest absolute Gasteiger partial charge is 0.457 e. The topological polar surface area (TPSA) is 21.3 Å². The van der Waals surface area contributed by atoms with Crippen LogP contribution in [0, 0.1) is 5.92 Å². The van der Waals surface area contributed by atoms with Crippen LogP contribution in [0.2, 0.25) is 0 Å². The number of anilines is 1. The molecule has 2 aromatic carbocycles. The zero-order valence-electron chi connectivity index (χ0n) is 12.3. The molecule has 0 aromatic heterocycles. The average molecular weight is 269 g/mol. The fourth-order valence-electron chi connectivity index (χ4n) is 2.15. The van der Waals surface area contributed by atoms with Crippen LogP contribution in [0.1, 0.15) is 26.7 Å². The molecular weight excluding hydrogens is 246 g/mol. The highest BCUT2D eigenvalue weighted by atomic mass is 16.5. The summed E-state index contributed by atoms with van der Waals surface area (Å²) in [7, 11) is 0. The molecule has 0 heterocycles. The first kappa shape index (κ1) is 14.4. The predicted molar refractivity (Wildman–Crippen MR) is 85.5 cm³/mol. The van der Waals surface area contributed by atoms with Crippen molar-refractivity contribution in [2.24, 2.45) is 5.92 Å². The molecule has 20 heavy (non-hydrogen) atoms. The number of ether oxygens (including phenoxy) is 1. The number of rotatable bonds is 7. The summed E-state index contributed by atoms with van der Waals surface area (Å²) in [5, 5.41) is 3.46. The lowest BCUT2D eigenvalue weighted by Crippen LogP contribution is -2.10. The first-order valence-electron chi connectivity index (χ1n) is 7.34. The molecule has 0 fully saturated rings. The second-order valence-corrected chi connectivity index (χ2v) is 5.21. The molecule has 1 atom stereocenters. The number of hydrogen-bond donors (Lipinski definition) is 1. The van der Waals surface area contributed by atoms with E-state index in [1.54, 1.807) is 0 Å². The Balaban J connectivity index is 1.87. The summed E-state index contributed by atoms with van der Waals surface area (Å²) in [5.74, 6) is 2.44. The summed E-state index contributed by atoms with van der Waals surface area (Å²) in [4.78, 5) is 0. The number of nitrogens with one attached hydrogen (secondary N) is 1. The van der Waals surface area contributed by atoms with Crippen molar-refractivity contribution in [2.45, 2.75) is 26.7 Å². The van der Waals surface area contributed by atoms with Crippen molar-refractivity contribution in [1.29, 1.82) is 0 Å². The maximum atomic E-state index is 5.77. The fourth-order valence-corrected chi connectivity index (χ4v) is 2.15. The molecule has 0 radical (unpaired) electrons. The lowest BCUT2D eigenvalue weighted by atomic mass is 10.1. The highest BCUT2D eigenvalue weighted by molar-refractivity contribution is 5.47. The monoisotopic (exact) mass is 269 g/mol. The Hall–Kier alpha value is -1.96. The van der Waals surface area contributed by atoms with Crippen LogP contribution >= 0.6 is 0 Å². The molecule has 1 unspecified atom stereocenters. The van der Waals surface area contributed by atoms with Gasteiger partial charge in [-0.1, -0.05) is 38.5 Å². The van der Waals surface area contributed by atoms with Crippen LogP contribution in [-0.4, -0.2) is 6.54 Å². The SMILES string of the molecule is CCCC(C)CNc1ccc(Oc2ccccc2)cc1. The summed E-state index contributed by atoms with van der Waals surface area (Å²) >= 11 is 0. The summed E-state index contributed by atoms with van der Waals surface area (Å²) in [6.45, 7) is 5.53. The van der Waals surface area contributed by atoms with Gasteiger partial charge < -0.3 is 10.1 Å². The Labute approximate surface area is 121 Å². The van der Waals surface area contributed by atoms with Crippen LogP contribution < -0.4 is 10.1 Å². The zero-order chi connectivity index (χ0) is 14.2. The van der Waals surface area contributed by atoms with E-state index in [9.17, 15) is 0 Å². The van der Waals surface area contributed by atoms with Gasteiger partial charge in [-0.25, -0.2) is 0 Å². The van der Waals surface area contributed by atoms with Crippen molar-refractivity contribution < 1.29 is 4.74 Å². The van der Waals surface area contributed by atoms with Gasteiger partial charge in [-0.2, -0.15) is 0 Å². The molecule has 0 saturated carbocycles. The molecule has 2 nitrogen and oxygen atoms in total. The van der Waals surface area contributed by atoms with Crippen LogP contribution in [-0.2, 0) is 0 Å². The molecule has 2 aromatic rings. The molecule has 0 aliphatic rings. The quantitative estimate of drug-likeness (QED) is 0.733. The lowest BCUT2D eigenvalue weighted by Gasteiger charge is -2.13. The molecule has 1 N–H and O–H groups in total. The number of hydrogen-bond acceptors (Lipinski definition) is 2. The summed E-state index contributed by atoms with van der Waals surface area (Å²) in [6, 6.07) is 18.0. The van der Waals surface area contributed by atoms with E-state index < -0.39 is 0 Å². The Morgan fingerprint density at radius 2 is 1.60 bits per heavy atom. The zero-order valence-corrected chi connectivity index (χ0v) is 12.3. The van der Waals surface area contributed by atoms with Crippen LogP contribution in [0.3, 0.4) is 0 Å². The van der Waals surface area contributed by atoms with Gasteiger partial charge in [0, 0.05) is 12.2 Å². The molecule has 0 aliphatic carbocycles. The Bertz CT molecular complexity index is 493. The molecule has 0 aliphatic heterocycles. The predicted octanol–water partition coefficient (Wildman–Crippen LogP) is 5.33. The van der Waals surface area contributed by atoms with E-state index in [1.165, 1.54) is 12.8 Å². The smallest absolute Gasteiger partial charge is 0.127 e. The highest BCUT2D eigenvalue weighted by Gasteiger charge is 2.01. The molecule has 0 bridgehead atoms. The van der Waals surface area contributed by atoms with Crippen molar-refractivity contribution in [3.63, 3.8) is 0 Å². The van der Waals surface area contributed by atoms with Crippen LogP contribution in [0.25, 0.3) is 0 Å². The fraction of sp³-hybridized carbons (Fsp3) is 0.333. The minimum Gasteiger partial charge on any atom is -0.457 e. The van der Waals surface area contributed by atoms with Crippen LogP contribution in [0.4, 0.5) is 5.69 Å². The van der Waals surface area contributed by atoms with Gasteiger partial charge in [0.1, 0.15) is 11.5 Å². The summed E-state index contributed by atoms with van der Waals surface area (Å²) in [6.07, 6.45) is 2.51. The second kappa shape index (κ2) is 7.59. The second-order valence-electron chi connectivity index (χ2n) is 5.21. The Kier molecular flexibility index (Phi) is 5.48. The van der Waals surface area contributed by atoms with E-state index in [1.807, 2.05) is 42.5 Å². The molecule has 2 heteroatoms. The molecule has 0 spiro atoms. The summed E-state index contributed by atoms with van der Waals surface area (Å²) < 4.78 is 5.77. The average Bonchev–Trinajstić information content (AvgIpc) is 2.48. The van der Waals surface area contributed by atoms with Gasteiger partial charge >= 0.3 is 0 Å². The van der Waals surface area contributed by atoms with E-state index in [0.29, 0.717) is 5.92 Å². The molecule has 106 valence electrons. The van der Waals surface area contributed by atoms with E-state index >= 15 is 0 Å². The van der Waals surface area contributed by atoms with E-state index in [4.69, 9.17) is 4.74 Å². The van der Waals surface area contributed by atoms with Crippen molar-refractivity contribution in [3.8, 4) is 11.5 Å². The lowest BCUT2D eigenvalue weighted by molar-refractivity contribution is 0.482. The van der Waals surface area contributed by atoms with Crippen LogP contribution in [0.15, 0.2) is 54.6 Å². The van der Waals surface area contributed by atoms with Gasteiger partial charge in [0.15, 0.2) is 0 Å². The third-order valence-electron chi connectivity index (χ3n) is 3.27. The van der Waals surface area contributed by atoms with Gasteiger partial charge in [0.25, 0.3) is 0 Å². The maximum Gasteiger partial charge on any atom is 0.127 e. The van der Waals surface area contributed by atoms with Crippen molar-refractivity contribution in [2.75, 3.05) is 11.9 Å². The van der Waals surface area contributed by atoms with Gasteiger partial charge in [-0.05, 0) is 48.7 Å². The van der Waals surface area contributed by atoms with Gasteiger partial charge in [-0.15, -0.1) is 0 Å². The maximum absolute atomic E-state index is 5.77. The van der Waals surface area contributed by atoms with Crippen molar-refractivity contribution >= 4 is 5.69 Å². The summed E-state index contributed by atoms with van der Waals surface area (Å²) in [5.41, 5.74) is 1.15. The highest BCUT2D eigenvalue weighted by Crippen LogP contribution is 2.22. The number of benzene rings is 2. The minimum atomic E-state index is 0.709. The molecule has 2 rings (SSSR count). The van der Waals surface area contributed by atoms with E-state index in [2.05, 4.69) is 31.3 Å². The molecule has 0 amide bonds. The van der Waals surface area contributed by atoms with Gasteiger partial charge in [0.2, 0.25) is 0 Å². The van der Waals surface area contributed by atoms with Crippen molar-refractivity contribution in [1.82, 2.24) is 0 Å². The number of para-hydroxylation sites is 1. The van der Waals surface area contributed by atoms with Gasteiger partial charge in [-0.3, -0.25) is 0 Å². The standard InChI is InChI=1S/C18H23NO/c1-3-7-15(2)14-19-16-10-12-18(13-11-16)20-17-8-5-4-6-9-17/h4-6,8-13,15,19H,3,7,14H2,1-2H3. The van der Waals surface area contributed by atoms with Gasteiger partial charge in [0.05, 0.1) is 0 Å². The normalized spacial score (nSPS) is 11.9. The molecular formula is C18H23NO. The molecule has 0 saturated heterocycles. The third kappa shape index (κ3) is 4.61. The van der Waals surface area contributed by atoms with E-state index in [-0.39, 0.29) is 0 Å². The first-order chi connectivity index (χ1) is 9.78. The van der Waals surface area contributed by atoms with Crippen molar-refractivity contribution in [3.05, 3.63) is 54.6 Å². The van der Waals surface area contributed by atoms with Crippen LogP contribution in [0.5, 0.6) is 11.5 Å². The first-order valence-corrected chi connectivity index (χ1v) is 7.34.